The minimum absolute atomic E-state index is 0.0318. The molecule has 0 spiro atoms. The Morgan fingerprint density at radius 1 is 0.803 bits per heavy atom. The van der Waals surface area contributed by atoms with Crippen LogP contribution in [0.5, 0.6) is 0 Å². The first-order valence-electron chi connectivity index (χ1n) is 19.4. The Morgan fingerprint density at radius 3 is 1.95 bits per heavy atom. The second kappa shape index (κ2) is 22.0. The number of carbonyl (C=O) groups is 3. The van der Waals surface area contributed by atoms with Gasteiger partial charge in [-0.1, -0.05) is 0 Å². The van der Waals surface area contributed by atoms with Gasteiger partial charge >= 0.3 is 5.97 Å². The van der Waals surface area contributed by atoms with E-state index in [-0.39, 0.29) is 13.2 Å². The van der Waals surface area contributed by atoms with Gasteiger partial charge in [0.2, 0.25) is 11.8 Å². The minimum Gasteiger partial charge on any atom is -0.477 e. The van der Waals surface area contributed by atoms with E-state index in [2.05, 4.69) is 10.6 Å². The van der Waals surface area contributed by atoms with E-state index in [9.17, 15) is 75.7 Å². The number of nitrogens with zero attached hydrogens (tertiary/aromatic N) is 1. The molecule has 2 amide bonds. The van der Waals surface area contributed by atoms with Crippen LogP contribution in [0.25, 0.3) is 0 Å². The molecule has 0 aromatic heterocycles. The van der Waals surface area contributed by atoms with E-state index in [1.165, 1.54) is 14.0 Å². The average Bonchev–Trinajstić information content (AvgIpc) is 3.21. The standard InChI is InChI=1S/C34H60N4O23/c1-11-20(46)23(49)24(50)31(55-11)59-28-19(37-13(3)43)30(38(4)54-6-5-35)56-17(10-41)26(28)58-32-25(51)29(22(48)16(9-40)57-32)61-34(33(52)53)7-14(44)18(36-12(2)42)27(60-34)21(47)15(45)8-39/h11,14-32,39-41,44-51H,5-10,35H2,1-4H3,(H,36,42)(H,37,43)(H,52,53)/t11?,14-,15-,16?,17?,18-,19+,20-,21-,22+,23+,24?,25+,26-,27?,28?,29?,30-,31+,32+,34+/m1/s1. The molecule has 16 N–H and O–H groups in total. The van der Waals surface area contributed by atoms with Crippen molar-refractivity contribution in [3.05, 3.63) is 0 Å². The lowest BCUT2D eigenvalue weighted by Gasteiger charge is -2.52. The van der Waals surface area contributed by atoms with Crippen LogP contribution in [-0.4, -0.2) is 252 Å². The summed E-state index contributed by atoms with van der Waals surface area (Å²) in [7, 11) is 1.38. The number of carboxylic acid groups (broad SMARTS) is 1. The van der Waals surface area contributed by atoms with Crippen molar-refractivity contribution in [2.24, 2.45) is 5.73 Å². The highest BCUT2D eigenvalue weighted by Crippen LogP contribution is 2.39. The van der Waals surface area contributed by atoms with Crippen LogP contribution in [0, 0.1) is 0 Å². The maximum absolute atomic E-state index is 13.0. The van der Waals surface area contributed by atoms with E-state index in [0.29, 0.717) is 0 Å². The third-order valence-corrected chi connectivity index (χ3v) is 10.7. The predicted molar refractivity (Wildman–Crippen MR) is 193 cm³/mol. The number of ether oxygens (including phenoxy) is 7. The van der Waals surface area contributed by atoms with E-state index in [1.807, 2.05) is 0 Å². The number of aliphatic carboxylic acids is 1. The molecule has 61 heavy (non-hydrogen) atoms. The number of hydrogen-bond acceptors (Lipinski definition) is 24. The van der Waals surface area contributed by atoms with Gasteiger partial charge in [-0.15, -0.1) is 0 Å². The van der Waals surface area contributed by atoms with Crippen molar-refractivity contribution in [3.63, 3.8) is 0 Å². The van der Waals surface area contributed by atoms with E-state index < -0.39 is 172 Å². The van der Waals surface area contributed by atoms with Crippen molar-refractivity contribution in [1.29, 1.82) is 0 Å². The molecule has 27 nitrogen and oxygen atoms in total. The van der Waals surface area contributed by atoms with Crippen LogP contribution in [0.1, 0.15) is 27.2 Å². The van der Waals surface area contributed by atoms with Crippen molar-refractivity contribution in [2.45, 2.75) is 155 Å². The number of hydroxylamine groups is 2. The maximum Gasteiger partial charge on any atom is 0.364 e. The molecule has 4 heterocycles. The number of carbonyl (C=O) groups excluding carboxylic acids is 2. The predicted octanol–water partition coefficient (Wildman–Crippen LogP) is -9.40. The van der Waals surface area contributed by atoms with Crippen molar-refractivity contribution in [2.75, 3.05) is 40.0 Å². The molecular weight excluding hydrogens is 832 g/mol. The Labute approximate surface area is 348 Å². The topological polar surface area (TPSA) is 421 Å². The fourth-order valence-electron chi connectivity index (χ4n) is 7.57. The Kier molecular flexibility index (Phi) is 18.4. The van der Waals surface area contributed by atoms with Gasteiger partial charge in [-0.25, -0.2) is 4.79 Å². The molecule has 27 heteroatoms. The van der Waals surface area contributed by atoms with E-state index in [4.69, 9.17) is 43.7 Å². The van der Waals surface area contributed by atoms with E-state index >= 15 is 0 Å². The zero-order valence-electron chi connectivity index (χ0n) is 33.7. The Morgan fingerprint density at radius 2 is 1.39 bits per heavy atom. The molecule has 7 unspecified atom stereocenters. The molecule has 0 radical (unpaired) electrons. The lowest BCUT2D eigenvalue weighted by Crippen LogP contribution is -2.72. The Balaban J connectivity index is 1.76. The number of nitrogens with two attached hydrogens (primary N) is 1. The monoisotopic (exact) mass is 892 g/mol. The molecular formula is C34H60N4O23. The van der Waals surface area contributed by atoms with Crippen molar-refractivity contribution >= 4 is 17.8 Å². The summed E-state index contributed by atoms with van der Waals surface area (Å²) in [5.74, 6) is -6.60. The van der Waals surface area contributed by atoms with E-state index in [1.54, 1.807) is 0 Å². The first-order chi connectivity index (χ1) is 28.7. The molecule has 4 saturated heterocycles. The zero-order chi connectivity index (χ0) is 45.7. The number of carboxylic acids is 1. The lowest BCUT2D eigenvalue weighted by atomic mass is 9.88. The molecule has 21 atom stereocenters. The molecule has 0 bridgehead atoms. The Hall–Kier alpha value is -2.43. The fourth-order valence-corrected chi connectivity index (χ4v) is 7.57. The molecule has 4 aliphatic heterocycles. The van der Waals surface area contributed by atoms with Crippen molar-refractivity contribution in [3.8, 4) is 0 Å². The van der Waals surface area contributed by atoms with Crippen LogP contribution < -0.4 is 16.4 Å². The molecule has 354 valence electrons. The molecule has 0 aromatic rings. The molecule has 4 fully saturated rings. The highest BCUT2D eigenvalue weighted by molar-refractivity contribution is 5.76. The summed E-state index contributed by atoms with van der Waals surface area (Å²) >= 11 is 0. The fraction of sp³-hybridized carbons (Fsp3) is 0.912. The van der Waals surface area contributed by atoms with E-state index in [0.717, 1.165) is 18.9 Å². The molecule has 4 aliphatic rings. The number of rotatable bonds is 18. The van der Waals surface area contributed by atoms with Gasteiger partial charge in [-0.05, 0) is 6.92 Å². The third kappa shape index (κ3) is 11.5. The minimum atomic E-state index is -3.12. The van der Waals surface area contributed by atoms with Crippen molar-refractivity contribution in [1.82, 2.24) is 15.7 Å². The quantitative estimate of drug-likeness (QED) is 0.0568. The van der Waals surface area contributed by atoms with Crippen LogP contribution in [0.3, 0.4) is 0 Å². The van der Waals surface area contributed by atoms with Gasteiger partial charge in [-0.3, -0.25) is 14.4 Å². The van der Waals surface area contributed by atoms with Gasteiger partial charge in [0.15, 0.2) is 18.8 Å². The summed E-state index contributed by atoms with van der Waals surface area (Å²) in [6.07, 6.45) is -34.3. The van der Waals surface area contributed by atoms with Crippen LogP contribution >= 0.6 is 0 Å². The smallest absolute Gasteiger partial charge is 0.364 e. The van der Waals surface area contributed by atoms with Crippen molar-refractivity contribution < 1.29 is 114 Å². The molecule has 0 aliphatic carbocycles. The summed E-state index contributed by atoms with van der Waals surface area (Å²) in [4.78, 5) is 43.2. The summed E-state index contributed by atoms with van der Waals surface area (Å²) in [6, 6.07) is -3.02. The van der Waals surface area contributed by atoms with Gasteiger partial charge in [0.1, 0.15) is 79.4 Å². The van der Waals surface area contributed by atoms with Crippen LogP contribution in [-0.2, 0) is 52.4 Å². The van der Waals surface area contributed by atoms with Gasteiger partial charge in [-0.2, -0.15) is 5.06 Å². The second-order valence-electron chi connectivity index (χ2n) is 15.2. The van der Waals surface area contributed by atoms with Crippen LogP contribution in [0.2, 0.25) is 0 Å². The molecule has 4 rings (SSSR count). The summed E-state index contributed by atoms with van der Waals surface area (Å²) < 4.78 is 41.2. The van der Waals surface area contributed by atoms with Gasteiger partial charge in [0.25, 0.3) is 5.79 Å². The van der Waals surface area contributed by atoms with Gasteiger partial charge in [0, 0.05) is 33.9 Å². The number of nitrogens with one attached hydrogen (secondary N) is 2. The number of likely N-dealkylation sites (N-methyl/N-ethyl adjacent to an activating group) is 1. The first kappa shape index (κ1) is 51.2. The SMILES string of the molecule is CC(=O)N[C@H]1C([C@H](O)[C@H](O)CO)O[C@@](OC2[C@@H](O)C(CO)O[C@@H](O[C@@H]3C(CO)O[C@@H](N(C)OCCN)[C@@H](NC(C)=O)C3O[C@@H]3OC(C)[C@@H](O)[C@H](O)C3O)[C@H]2O)(C(=O)O)C[C@H]1O. The normalized spacial score (nSPS) is 43.0. The number of aliphatic hydroxyl groups is 11. The van der Waals surface area contributed by atoms with Gasteiger partial charge < -0.3 is 111 Å². The Bertz CT molecular complexity index is 1440. The third-order valence-electron chi connectivity index (χ3n) is 10.7. The largest absolute Gasteiger partial charge is 0.477 e. The average molecular weight is 893 g/mol. The summed E-state index contributed by atoms with van der Waals surface area (Å²) in [5.41, 5.74) is 5.60. The highest BCUT2D eigenvalue weighted by Gasteiger charge is 2.61. The van der Waals surface area contributed by atoms with Gasteiger partial charge in [0.05, 0.1) is 50.7 Å². The maximum atomic E-state index is 13.0. The summed E-state index contributed by atoms with van der Waals surface area (Å²) in [5, 5.41) is 134. The second-order valence-corrected chi connectivity index (χ2v) is 15.2. The number of hydrogen-bond donors (Lipinski definition) is 15. The van der Waals surface area contributed by atoms with Crippen LogP contribution in [0.15, 0.2) is 0 Å². The lowest BCUT2D eigenvalue weighted by molar-refractivity contribution is -0.392. The first-order valence-corrected chi connectivity index (χ1v) is 19.4. The molecule has 0 aromatic carbocycles. The number of aliphatic hydroxyl groups excluding tert-OH is 11. The highest BCUT2D eigenvalue weighted by atomic mass is 16.8. The van der Waals surface area contributed by atoms with Crippen LogP contribution in [0.4, 0.5) is 0 Å². The molecule has 0 saturated carbocycles. The summed E-state index contributed by atoms with van der Waals surface area (Å²) in [6.45, 7) is 0.431. The zero-order valence-corrected chi connectivity index (χ0v) is 33.7. The number of amides is 2.